The summed E-state index contributed by atoms with van der Waals surface area (Å²) in [4.78, 5) is 19.9. The van der Waals surface area contributed by atoms with Crippen molar-refractivity contribution in [3.8, 4) is 12.3 Å². The summed E-state index contributed by atoms with van der Waals surface area (Å²) < 4.78 is 0. The van der Waals surface area contributed by atoms with Gasteiger partial charge < -0.3 is 10.0 Å². The Morgan fingerprint density at radius 2 is 1.74 bits per heavy atom. The fourth-order valence-corrected chi connectivity index (χ4v) is 3.94. The topological polar surface area (TPSA) is 56.1 Å². The highest BCUT2D eigenvalue weighted by molar-refractivity contribution is 6.32. The van der Waals surface area contributed by atoms with Crippen molar-refractivity contribution in [2.24, 2.45) is 4.99 Å². The Kier molecular flexibility index (Phi) is 9.22. The Morgan fingerprint density at radius 3 is 2.37 bits per heavy atom. The van der Waals surface area contributed by atoms with Gasteiger partial charge in [0.05, 0.1) is 17.9 Å². The number of likely N-dealkylation sites (N-methyl/N-ethyl adjacent to an activating group) is 2. The number of hydrogen-bond donors (Lipinski definition) is 1. The number of aliphatic imine (C=N–C) groups is 1. The predicted octanol–water partition coefficient (Wildman–Crippen LogP) is 4.65. The van der Waals surface area contributed by atoms with Crippen molar-refractivity contribution in [1.29, 1.82) is 0 Å². The average Bonchev–Trinajstić information content (AvgIpc) is 2.96. The van der Waals surface area contributed by atoms with Crippen LogP contribution in [0.3, 0.4) is 0 Å². The second-order valence-corrected chi connectivity index (χ2v) is 8.87. The molecular formula is C29H30ClN3O2. The van der Waals surface area contributed by atoms with Gasteiger partial charge in [0, 0.05) is 29.2 Å². The van der Waals surface area contributed by atoms with Gasteiger partial charge in [0.25, 0.3) is 5.91 Å². The molecule has 1 amide bonds. The van der Waals surface area contributed by atoms with Crippen molar-refractivity contribution in [2.75, 3.05) is 25.5 Å². The molecule has 6 heteroatoms. The van der Waals surface area contributed by atoms with Crippen LogP contribution in [0.2, 0.25) is 5.02 Å². The lowest BCUT2D eigenvalue weighted by atomic mass is 10.0. The normalized spacial score (nSPS) is 15.8. The summed E-state index contributed by atoms with van der Waals surface area (Å²) in [6, 6.07) is 25.6. The summed E-state index contributed by atoms with van der Waals surface area (Å²) in [5.41, 5.74) is 4.13. The summed E-state index contributed by atoms with van der Waals surface area (Å²) in [5, 5.41) is 10.5. The third-order valence-corrected chi connectivity index (χ3v) is 6.13. The molecule has 0 aromatic heterocycles. The number of nitrogens with zero attached hydrogens (tertiary/aromatic N) is 3. The molecule has 1 aliphatic rings. The van der Waals surface area contributed by atoms with E-state index in [0.29, 0.717) is 29.0 Å². The maximum Gasteiger partial charge on any atom is 0.278 e. The molecule has 5 nitrogen and oxygen atoms in total. The molecule has 3 aromatic carbocycles. The lowest BCUT2D eigenvalue weighted by molar-refractivity contribution is -0.125. The minimum Gasteiger partial charge on any atom is -0.364 e. The summed E-state index contributed by atoms with van der Waals surface area (Å²) >= 11 is 6.08. The van der Waals surface area contributed by atoms with Crippen molar-refractivity contribution in [3.63, 3.8) is 0 Å². The summed E-state index contributed by atoms with van der Waals surface area (Å²) in [7, 11) is 3.68. The van der Waals surface area contributed by atoms with E-state index in [0.717, 1.165) is 17.5 Å². The highest BCUT2D eigenvalue weighted by Crippen LogP contribution is 2.29. The Morgan fingerprint density at radius 1 is 1.11 bits per heavy atom. The lowest BCUT2D eigenvalue weighted by Gasteiger charge is -2.22. The highest BCUT2D eigenvalue weighted by Gasteiger charge is 2.28. The van der Waals surface area contributed by atoms with Gasteiger partial charge in [0.15, 0.2) is 0 Å². The zero-order valence-electron chi connectivity index (χ0n) is 20.2. The standard InChI is InChI=1S/C16H13ClN2O2.C13H17N/c1-19-13-8-7-11(17)9-12(13)14(18-15(20)16(19)21)10-5-3-2-4-6-10;1-4-10-14(3)12(2)11-13-8-6-5-7-9-13/h2-9,15,20H,1H3;1,5-9,12H,10-11H2,2-3H3/t;12-/m.1/s1. The van der Waals surface area contributed by atoms with Gasteiger partial charge in [-0.25, -0.2) is 4.99 Å². The smallest absolute Gasteiger partial charge is 0.278 e. The van der Waals surface area contributed by atoms with Gasteiger partial charge >= 0.3 is 0 Å². The molecule has 1 N–H and O–H groups in total. The fraction of sp³-hybridized carbons (Fsp3) is 0.241. The van der Waals surface area contributed by atoms with E-state index in [1.165, 1.54) is 10.5 Å². The van der Waals surface area contributed by atoms with Crippen molar-refractivity contribution in [1.82, 2.24) is 4.90 Å². The molecule has 35 heavy (non-hydrogen) atoms. The molecule has 0 saturated carbocycles. The Balaban J connectivity index is 0.000000214. The number of aliphatic hydroxyl groups is 1. The lowest BCUT2D eigenvalue weighted by Crippen LogP contribution is -2.34. The molecular weight excluding hydrogens is 458 g/mol. The number of benzodiazepines with no additional fused rings is 1. The molecule has 0 aliphatic carbocycles. The van der Waals surface area contributed by atoms with Gasteiger partial charge in [-0.15, -0.1) is 6.42 Å². The predicted molar refractivity (Wildman–Crippen MR) is 144 cm³/mol. The SMILES string of the molecule is C#CCN(C)[C@H](C)Cc1ccccc1.CN1C(=O)C(O)N=C(c2ccccc2)c2cc(Cl)ccc21. The number of fused-ring (bicyclic) bond motifs is 1. The first-order valence-corrected chi connectivity index (χ1v) is 11.8. The minimum absolute atomic E-state index is 0.468. The number of amides is 1. The van der Waals surface area contributed by atoms with Gasteiger partial charge in [-0.2, -0.15) is 0 Å². The molecule has 4 rings (SSSR count). The molecule has 2 atom stereocenters. The zero-order valence-corrected chi connectivity index (χ0v) is 21.0. The number of hydrogen-bond acceptors (Lipinski definition) is 4. The van der Waals surface area contributed by atoms with Crippen LogP contribution in [-0.2, 0) is 11.2 Å². The molecule has 0 fully saturated rings. The van der Waals surface area contributed by atoms with Crippen molar-refractivity contribution in [3.05, 3.63) is 101 Å². The molecule has 0 bridgehead atoms. The second kappa shape index (κ2) is 12.3. The van der Waals surface area contributed by atoms with Gasteiger partial charge in [0.1, 0.15) is 0 Å². The number of terminal acetylenes is 1. The van der Waals surface area contributed by atoms with E-state index in [2.05, 4.69) is 54.0 Å². The molecule has 0 spiro atoms. The third kappa shape index (κ3) is 6.80. The largest absolute Gasteiger partial charge is 0.364 e. The fourth-order valence-electron chi connectivity index (χ4n) is 3.77. The highest BCUT2D eigenvalue weighted by atomic mass is 35.5. The van der Waals surface area contributed by atoms with E-state index in [-0.39, 0.29) is 0 Å². The monoisotopic (exact) mass is 487 g/mol. The first kappa shape index (κ1) is 26.2. The van der Waals surface area contributed by atoms with E-state index >= 15 is 0 Å². The number of rotatable bonds is 5. The maximum absolute atomic E-state index is 12.1. The average molecular weight is 488 g/mol. The number of benzene rings is 3. The Hall–Kier alpha value is -3.43. The number of carbonyl (C=O) groups excluding carboxylic acids is 1. The van der Waals surface area contributed by atoms with Crippen molar-refractivity contribution < 1.29 is 9.90 Å². The molecule has 0 saturated heterocycles. The molecule has 1 heterocycles. The van der Waals surface area contributed by atoms with E-state index in [4.69, 9.17) is 18.0 Å². The number of carbonyl (C=O) groups is 1. The van der Waals surface area contributed by atoms with Crippen molar-refractivity contribution >= 4 is 28.9 Å². The summed E-state index contributed by atoms with van der Waals surface area (Å²) in [5.74, 6) is 2.19. The van der Waals surface area contributed by atoms with Gasteiger partial charge in [-0.05, 0) is 44.2 Å². The first-order chi connectivity index (χ1) is 16.8. The quantitative estimate of drug-likeness (QED) is 0.533. The molecule has 1 aliphatic heterocycles. The number of aliphatic hydroxyl groups excluding tert-OH is 1. The molecule has 180 valence electrons. The van der Waals surface area contributed by atoms with Crippen LogP contribution in [0, 0.1) is 12.3 Å². The van der Waals surface area contributed by atoms with Crippen LogP contribution in [0.1, 0.15) is 23.6 Å². The van der Waals surface area contributed by atoms with E-state index in [1.54, 1.807) is 25.2 Å². The minimum atomic E-state index is -1.42. The Labute approximate surface area is 212 Å². The maximum atomic E-state index is 12.1. The summed E-state index contributed by atoms with van der Waals surface area (Å²) in [6.45, 7) is 2.92. The van der Waals surface area contributed by atoms with E-state index in [1.807, 2.05) is 36.4 Å². The van der Waals surface area contributed by atoms with E-state index in [9.17, 15) is 9.90 Å². The van der Waals surface area contributed by atoms with Crippen LogP contribution < -0.4 is 4.90 Å². The van der Waals surface area contributed by atoms with Crippen LogP contribution in [0.4, 0.5) is 5.69 Å². The van der Waals surface area contributed by atoms with Crippen LogP contribution in [-0.4, -0.2) is 54.5 Å². The first-order valence-electron chi connectivity index (χ1n) is 11.4. The van der Waals surface area contributed by atoms with Gasteiger partial charge in [0.2, 0.25) is 6.23 Å². The van der Waals surface area contributed by atoms with Crippen LogP contribution >= 0.6 is 11.6 Å². The molecule has 0 radical (unpaired) electrons. The van der Waals surface area contributed by atoms with Crippen LogP contribution in [0.5, 0.6) is 0 Å². The van der Waals surface area contributed by atoms with Gasteiger partial charge in [-0.1, -0.05) is 78.2 Å². The second-order valence-electron chi connectivity index (χ2n) is 8.43. The zero-order chi connectivity index (χ0) is 25.4. The Bertz CT molecular complexity index is 1210. The third-order valence-electron chi connectivity index (χ3n) is 5.89. The van der Waals surface area contributed by atoms with E-state index < -0.39 is 12.1 Å². The van der Waals surface area contributed by atoms with Crippen molar-refractivity contribution in [2.45, 2.75) is 25.6 Å². The van der Waals surface area contributed by atoms with Gasteiger partial charge in [-0.3, -0.25) is 9.69 Å². The number of halogens is 1. The molecule has 3 aromatic rings. The van der Waals surface area contributed by atoms with Crippen LogP contribution in [0.25, 0.3) is 0 Å². The number of anilines is 1. The van der Waals surface area contributed by atoms with Crippen LogP contribution in [0.15, 0.2) is 83.9 Å². The molecule has 1 unspecified atom stereocenters. The summed E-state index contributed by atoms with van der Waals surface area (Å²) in [6.07, 6.45) is 4.90.